The van der Waals surface area contributed by atoms with Gasteiger partial charge < -0.3 is 11.1 Å². The summed E-state index contributed by atoms with van der Waals surface area (Å²) in [7, 11) is 0. The van der Waals surface area contributed by atoms with Crippen LogP contribution < -0.4 is 11.1 Å². The number of hydrogen-bond donors (Lipinski definition) is 2. The molecule has 92 valence electrons. The topological polar surface area (TPSA) is 55.1 Å². The van der Waals surface area contributed by atoms with Gasteiger partial charge in [0.25, 0.3) is 0 Å². The van der Waals surface area contributed by atoms with Crippen LogP contribution in [0.2, 0.25) is 0 Å². The molecule has 3 nitrogen and oxygen atoms in total. The van der Waals surface area contributed by atoms with Crippen molar-refractivity contribution in [1.82, 2.24) is 5.32 Å². The highest BCUT2D eigenvalue weighted by Gasteiger charge is 2.26. The minimum atomic E-state index is 0.103. The van der Waals surface area contributed by atoms with Crippen LogP contribution in [0.4, 0.5) is 0 Å². The molecule has 0 spiro atoms. The van der Waals surface area contributed by atoms with Crippen LogP contribution in [0.1, 0.15) is 42.2 Å². The fourth-order valence-corrected chi connectivity index (χ4v) is 2.45. The third-order valence-electron chi connectivity index (χ3n) is 3.47. The summed E-state index contributed by atoms with van der Waals surface area (Å²) in [6, 6.07) is 8.14. The van der Waals surface area contributed by atoms with Crippen LogP contribution in [0.25, 0.3) is 0 Å². The lowest BCUT2D eigenvalue weighted by molar-refractivity contribution is 0.101. The minimum absolute atomic E-state index is 0.103. The quantitative estimate of drug-likeness (QED) is 0.766. The average molecular weight is 232 g/mol. The predicted octanol–water partition coefficient (Wildman–Crippen LogP) is 1.89. The molecule has 1 fully saturated rings. The molecule has 0 saturated carbocycles. The molecule has 1 heterocycles. The second-order valence-corrected chi connectivity index (χ2v) is 5.07. The molecule has 2 rings (SSSR count). The second-order valence-electron chi connectivity index (χ2n) is 5.07. The molecule has 3 unspecified atom stereocenters. The lowest BCUT2D eigenvalue weighted by Crippen LogP contribution is -2.46. The third-order valence-corrected chi connectivity index (χ3v) is 3.47. The van der Waals surface area contributed by atoms with Gasteiger partial charge in [0.15, 0.2) is 5.78 Å². The van der Waals surface area contributed by atoms with E-state index in [0.29, 0.717) is 5.92 Å². The number of ketones is 1. The van der Waals surface area contributed by atoms with Crippen LogP contribution in [0.15, 0.2) is 24.3 Å². The molecule has 3 atom stereocenters. The lowest BCUT2D eigenvalue weighted by atomic mass is 9.88. The monoisotopic (exact) mass is 232 g/mol. The molecule has 0 aromatic heterocycles. The second kappa shape index (κ2) is 4.98. The fourth-order valence-electron chi connectivity index (χ4n) is 2.45. The highest BCUT2D eigenvalue weighted by atomic mass is 16.1. The number of nitrogens with one attached hydrogen (secondary N) is 1. The SMILES string of the molecule is CC(=O)c1ccc(C2NCC(C)CC2N)cc1. The van der Waals surface area contributed by atoms with E-state index in [2.05, 4.69) is 12.2 Å². The van der Waals surface area contributed by atoms with E-state index in [9.17, 15) is 4.79 Å². The van der Waals surface area contributed by atoms with Crippen molar-refractivity contribution >= 4 is 5.78 Å². The number of benzene rings is 1. The van der Waals surface area contributed by atoms with Crippen LogP contribution in [0.3, 0.4) is 0 Å². The van der Waals surface area contributed by atoms with E-state index in [0.717, 1.165) is 18.5 Å². The van der Waals surface area contributed by atoms with Gasteiger partial charge in [0.1, 0.15) is 0 Å². The first-order valence-corrected chi connectivity index (χ1v) is 6.18. The molecule has 3 heteroatoms. The summed E-state index contributed by atoms with van der Waals surface area (Å²) in [5, 5.41) is 3.47. The van der Waals surface area contributed by atoms with E-state index in [1.165, 1.54) is 5.56 Å². The van der Waals surface area contributed by atoms with Gasteiger partial charge in [-0.2, -0.15) is 0 Å². The summed E-state index contributed by atoms with van der Waals surface area (Å²) < 4.78 is 0. The highest BCUT2D eigenvalue weighted by molar-refractivity contribution is 5.94. The summed E-state index contributed by atoms with van der Waals surface area (Å²) in [5.74, 6) is 0.740. The van der Waals surface area contributed by atoms with E-state index in [1.807, 2.05) is 24.3 Å². The lowest BCUT2D eigenvalue weighted by Gasteiger charge is -2.34. The van der Waals surface area contributed by atoms with Crippen LogP contribution in [0.5, 0.6) is 0 Å². The molecular weight excluding hydrogens is 212 g/mol. The third kappa shape index (κ3) is 2.73. The van der Waals surface area contributed by atoms with E-state index in [1.54, 1.807) is 6.92 Å². The van der Waals surface area contributed by atoms with Crippen molar-refractivity contribution in [3.8, 4) is 0 Å². The Morgan fingerprint density at radius 2 is 2.00 bits per heavy atom. The Kier molecular flexibility index (Phi) is 3.60. The smallest absolute Gasteiger partial charge is 0.159 e. The van der Waals surface area contributed by atoms with Crippen LogP contribution in [-0.2, 0) is 0 Å². The molecule has 1 aromatic carbocycles. The van der Waals surface area contributed by atoms with Gasteiger partial charge >= 0.3 is 0 Å². The Labute approximate surface area is 102 Å². The Bertz CT molecular complexity index is 399. The van der Waals surface area contributed by atoms with Crippen molar-refractivity contribution in [2.75, 3.05) is 6.54 Å². The summed E-state index contributed by atoms with van der Waals surface area (Å²) in [5.41, 5.74) is 8.10. The Hall–Kier alpha value is -1.19. The zero-order chi connectivity index (χ0) is 12.4. The predicted molar refractivity (Wildman–Crippen MR) is 68.9 cm³/mol. The maximum atomic E-state index is 11.2. The average Bonchev–Trinajstić information content (AvgIpc) is 2.29. The van der Waals surface area contributed by atoms with Gasteiger partial charge in [-0.3, -0.25) is 4.79 Å². The first kappa shape index (κ1) is 12.3. The molecule has 0 radical (unpaired) electrons. The van der Waals surface area contributed by atoms with Crippen LogP contribution >= 0.6 is 0 Å². The zero-order valence-electron chi connectivity index (χ0n) is 10.4. The summed E-state index contributed by atoms with van der Waals surface area (Å²) in [6.45, 7) is 4.80. The van der Waals surface area contributed by atoms with Crippen LogP contribution in [0, 0.1) is 5.92 Å². The Morgan fingerprint density at radius 3 is 2.53 bits per heavy atom. The number of Topliss-reactive ketones (excluding diaryl/α,β-unsaturated/α-hetero) is 1. The standard InChI is InChI=1S/C14H20N2O/c1-9-7-13(15)14(16-8-9)12-5-3-11(4-6-12)10(2)17/h3-6,9,13-14,16H,7-8,15H2,1-2H3. The van der Waals surface area contributed by atoms with Gasteiger partial charge in [-0.25, -0.2) is 0 Å². The number of carbonyl (C=O) groups is 1. The number of hydrogen-bond acceptors (Lipinski definition) is 3. The number of carbonyl (C=O) groups excluding carboxylic acids is 1. The van der Waals surface area contributed by atoms with E-state index < -0.39 is 0 Å². The van der Waals surface area contributed by atoms with E-state index >= 15 is 0 Å². The first-order valence-electron chi connectivity index (χ1n) is 6.18. The Balaban J connectivity index is 2.14. The first-order chi connectivity index (χ1) is 8.08. The van der Waals surface area contributed by atoms with Crippen molar-refractivity contribution in [3.63, 3.8) is 0 Å². The largest absolute Gasteiger partial charge is 0.326 e. The molecule has 0 amide bonds. The van der Waals surface area contributed by atoms with Crippen molar-refractivity contribution in [3.05, 3.63) is 35.4 Å². The number of nitrogens with two attached hydrogens (primary N) is 1. The molecule has 3 N–H and O–H groups in total. The van der Waals surface area contributed by atoms with Crippen molar-refractivity contribution in [2.45, 2.75) is 32.4 Å². The van der Waals surface area contributed by atoms with Gasteiger partial charge in [-0.1, -0.05) is 31.2 Å². The van der Waals surface area contributed by atoms with Crippen molar-refractivity contribution < 1.29 is 4.79 Å². The molecule has 0 bridgehead atoms. The Morgan fingerprint density at radius 1 is 1.35 bits per heavy atom. The summed E-state index contributed by atoms with van der Waals surface area (Å²) >= 11 is 0. The minimum Gasteiger partial charge on any atom is -0.326 e. The maximum absolute atomic E-state index is 11.2. The molecule has 17 heavy (non-hydrogen) atoms. The number of rotatable bonds is 2. The van der Waals surface area contributed by atoms with E-state index in [4.69, 9.17) is 5.73 Å². The molecule has 1 aromatic rings. The maximum Gasteiger partial charge on any atom is 0.159 e. The zero-order valence-corrected chi connectivity index (χ0v) is 10.4. The van der Waals surface area contributed by atoms with Gasteiger partial charge in [-0.05, 0) is 31.4 Å². The summed E-state index contributed by atoms with van der Waals surface area (Å²) in [6.07, 6.45) is 1.05. The summed E-state index contributed by atoms with van der Waals surface area (Å²) in [4.78, 5) is 11.2. The van der Waals surface area contributed by atoms with Gasteiger partial charge in [0.2, 0.25) is 0 Å². The number of piperidine rings is 1. The molecule has 1 aliphatic heterocycles. The normalized spacial score (nSPS) is 29.0. The van der Waals surface area contributed by atoms with Gasteiger partial charge in [-0.15, -0.1) is 0 Å². The van der Waals surface area contributed by atoms with Crippen molar-refractivity contribution in [1.29, 1.82) is 0 Å². The van der Waals surface area contributed by atoms with Crippen LogP contribution in [-0.4, -0.2) is 18.4 Å². The van der Waals surface area contributed by atoms with Gasteiger partial charge in [0, 0.05) is 17.6 Å². The molecule has 1 saturated heterocycles. The van der Waals surface area contributed by atoms with Gasteiger partial charge in [0.05, 0.1) is 0 Å². The molecule has 1 aliphatic rings. The fraction of sp³-hybridized carbons (Fsp3) is 0.500. The highest BCUT2D eigenvalue weighted by Crippen LogP contribution is 2.25. The molecular formula is C14H20N2O. The molecule has 0 aliphatic carbocycles. The van der Waals surface area contributed by atoms with Crippen molar-refractivity contribution in [2.24, 2.45) is 11.7 Å². The van der Waals surface area contributed by atoms with E-state index in [-0.39, 0.29) is 17.9 Å².